The van der Waals surface area contributed by atoms with E-state index in [9.17, 15) is 15.0 Å². The van der Waals surface area contributed by atoms with Crippen LogP contribution in [0.5, 0.6) is 11.5 Å². The van der Waals surface area contributed by atoms with Gasteiger partial charge in [0.1, 0.15) is 11.5 Å². The van der Waals surface area contributed by atoms with Crippen LogP contribution in [-0.4, -0.2) is 23.3 Å². The maximum absolute atomic E-state index is 10.8. The van der Waals surface area contributed by atoms with Crippen molar-refractivity contribution >= 4 is 5.97 Å². The van der Waals surface area contributed by atoms with Crippen molar-refractivity contribution in [1.82, 2.24) is 0 Å². The van der Waals surface area contributed by atoms with Gasteiger partial charge in [0.2, 0.25) is 0 Å². The lowest BCUT2D eigenvalue weighted by molar-refractivity contribution is -0.140. The molecule has 0 unspecified atom stereocenters. The number of unbranched alkanes of at least 4 members (excludes halogenated alkanes) is 1. The van der Waals surface area contributed by atoms with Crippen molar-refractivity contribution in [2.45, 2.75) is 25.7 Å². The number of esters is 1. The van der Waals surface area contributed by atoms with Gasteiger partial charge in [-0.3, -0.25) is 4.79 Å². The molecule has 1 rings (SSSR count). The topological polar surface area (TPSA) is 66.8 Å². The Hall–Kier alpha value is -1.71. The zero-order chi connectivity index (χ0) is 12.0. The Kier molecular flexibility index (Phi) is 4.64. The minimum absolute atomic E-state index is 0.140. The standard InChI is InChI=1S/C12H16O4/c1-16-12(15)5-3-2-4-9-8-10(13)6-7-11(9)14/h6-8,13-14H,2-5H2,1H3. The Balaban J connectivity index is 2.37. The first kappa shape index (κ1) is 12.4. The van der Waals surface area contributed by atoms with Gasteiger partial charge in [-0.25, -0.2) is 0 Å². The minimum Gasteiger partial charge on any atom is -0.508 e. The summed E-state index contributed by atoms with van der Waals surface area (Å²) in [5.74, 6) is 0.0942. The number of hydrogen-bond acceptors (Lipinski definition) is 4. The number of carbonyl (C=O) groups is 1. The molecule has 0 aliphatic carbocycles. The predicted molar refractivity (Wildman–Crippen MR) is 59.3 cm³/mol. The molecule has 0 heterocycles. The molecule has 0 aliphatic heterocycles. The van der Waals surface area contributed by atoms with Gasteiger partial charge in [-0.2, -0.15) is 0 Å². The number of carbonyl (C=O) groups excluding carboxylic acids is 1. The maximum Gasteiger partial charge on any atom is 0.305 e. The number of methoxy groups -OCH3 is 1. The molecule has 1 aromatic carbocycles. The van der Waals surface area contributed by atoms with Gasteiger partial charge in [-0.1, -0.05) is 0 Å². The van der Waals surface area contributed by atoms with Crippen LogP contribution >= 0.6 is 0 Å². The summed E-state index contributed by atoms with van der Waals surface area (Å²) in [5, 5.41) is 18.7. The van der Waals surface area contributed by atoms with Crippen LogP contribution in [-0.2, 0) is 16.0 Å². The smallest absolute Gasteiger partial charge is 0.305 e. The summed E-state index contributed by atoms with van der Waals surface area (Å²) >= 11 is 0. The Morgan fingerprint density at radius 2 is 2.06 bits per heavy atom. The van der Waals surface area contributed by atoms with E-state index in [0.717, 1.165) is 6.42 Å². The molecule has 0 fully saturated rings. The number of phenolic OH excluding ortho intramolecular Hbond substituents is 2. The molecule has 0 aromatic heterocycles. The molecule has 0 aliphatic rings. The van der Waals surface area contributed by atoms with Gasteiger partial charge in [0.15, 0.2) is 0 Å². The molecule has 2 N–H and O–H groups in total. The normalized spacial score (nSPS) is 10.1. The van der Waals surface area contributed by atoms with Crippen molar-refractivity contribution in [2.75, 3.05) is 7.11 Å². The number of phenols is 2. The predicted octanol–water partition coefficient (Wildman–Crippen LogP) is 1.98. The van der Waals surface area contributed by atoms with Gasteiger partial charge < -0.3 is 14.9 Å². The first-order chi connectivity index (χ1) is 7.63. The molecule has 0 bridgehead atoms. The third kappa shape index (κ3) is 3.81. The van der Waals surface area contributed by atoms with E-state index in [1.807, 2.05) is 0 Å². The number of hydrogen-bond donors (Lipinski definition) is 2. The van der Waals surface area contributed by atoms with Crippen molar-refractivity contribution in [3.63, 3.8) is 0 Å². The molecule has 88 valence electrons. The van der Waals surface area contributed by atoms with E-state index in [1.54, 1.807) is 0 Å². The van der Waals surface area contributed by atoms with Gasteiger partial charge in [0.25, 0.3) is 0 Å². The lowest BCUT2D eigenvalue weighted by Crippen LogP contribution is -1.99. The fourth-order valence-electron chi connectivity index (χ4n) is 1.46. The highest BCUT2D eigenvalue weighted by atomic mass is 16.5. The van der Waals surface area contributed by atoms with Gasteiger partial charge in [0, 0.05) is 6.42 Å². The Morgan fingerprint density at radius 1 is 1.31 bits per heavy atom. The molecular weight excluding hydrogens is 208 g/mol. The summed E-state index contributed by atoms with van der Waals surface area (Å²) in [4.78, 5) is 10.8. The van der Waals surface area contributed by atoms with E-state index in [-0.39, 0.29) is 17.5 Å². The lowest BCUT2D eigenvalue weighted by atomic mass is 10.1. The maximum atomic E-state index is 10.8. The number of rotatable bonds is 5. The Bertz CT molecular complexity index is 360. The van der Waals surface area contributed by atoms with Crippen LogP contribution < -0.4 is 0 Å². The molecule has 4 nitrogen and oxygen atoms in total. The van der Waals surface area contributed by atoms with Crippen molar-refractivity contribution in [2.24, 2.45) is 0 Å². The molecule has 4 heteroatoms. The molecule has 0 spiro atoms. The zero-order valence-electron chi connectivity index (χ0n) is 9.27. The summed E-state index contributed by atoms with van der Waals surface area (Å²) in [6.45, 7) is 0. The third-order valence-corrected chi connectivity index (χ3v) is 2.37. The lowest BCUT2D eigenvalue weighted by Gasteiger charge is -2.04. The molecular formula is C12H16O4. The molecule has 16 heavy (non-hydrogen) atoms. The fourth-order valence-corrected chi connectivity index (χ4v) is 1.46. The number of ether oxygens (including phenoxy) is 1. The second kappa shape index (κ2) is 6.00. The first-order valence-corrected chi connectivity index (χ1v) is 5.21. The average Bonchev–Trinajstić information content (AvgIpc) is 2.28. The molecule has 0 saturated heterocycles. The minimum atomic E-state index is -0.222. The van der Waals surface area contributed by atoms with Crippen LogP contribution in [0.1, 0.15) is 24.8 Å². The van der Waals surface area contributed by atoms with E-state index in [0.29, 0.717) is 24.8 Å². The quantitative estimate of drug-likeness (QED) is 0.456. The fraction of sp³-hybridized carbons (Fsp3) is 0.417. The van der Waals surface area contributed by atoms with Gasteiger partial charge in [0.05, 0.1) is 7.11 Å². The van der Waals surface area contributed by atoms with Crippen molar-refractivity contribution in [3.05, 3.63) is 23.8 Å². The van der Waals surface area contributed by atoms with Gasteiger partial charge >= 0.3 is 5.97 Å². The summed E-state index contributed by atoms with van der Waals surface area (Å²) in [5.41, 5.74) is 0.699. The van der Waals surface area contributed by atoms with E-state index in [1.165, 1.54) is 25.3 Å². The van der Waals surface area contributed by atoms with E-state index >= 15 is 0 Å². The van der Waals surface area contributed by atoms with E-state index in [2.05, 4.69) is 4.74 Å². The van der Waals surface area contributed by atoms with E-state index in [4.69, 9.17) is 0 Å². The van der Waals surface area contributed by atoms with Crippen LogP contribution in [0.4, 0.5) is 0 Å². The second-order valence-corrected chi connectivity index (χ2v) is 3.60. The summed E-state index contributed by atoms with van der Waals surface area (Å²) in [7, 11) is 1.36. The van der Waals surface area contributed by atoms with Crippen LogP contribution in [0, 0.1) is 0 Å². The molecule has 1 aromatic rings. The highest BCUT2D eigenvalue weighted by Crippen LogP contribution is 2.23. The summed E-state index contributed by atoms with van der Waals surface area (Å²) in [6, 6.07) is 4.44. The monoisotopic (exact) mass is 224 g/mol. The van der Waals surface area contributed by atoms with Crippen LogP contribution in [0.3, 0.4) is 0 Å². The third-order valence-electron chi connectivity index (χ3n) is 2.37. The number of benzene rings is 1. The van der Waals surface area contributed by atoms with Crippen LogP contribution in [0.2, 0.25) is 0 Å². The first-order valence-electron chi connectivity index (χ1n) is 5.21. The van der Waals surface area contributed by atoms with Crippen molar-refractivity contribution < 1.29 is 19.7 Å². The highest BCUT2D eigenvalue weighted by molar-refractivity contribution is 5.68. The van der Waals surface area contributed by atoms with Gasteiger partial charge in [-0.05, 0) is 43.0 Å². The largest absolute Gasteiger partial charge is 0.508 e. The molecule has 0 saturated carbocycles. The second-order valence-electron chi connectivity index (χ2n) is 3.60. The summed E-state index contributed by atoms with van der Waals surface area (Å²) in [6.07, 6.45) is 2.50. The summed E-state index contributed by atoms with van der Waals surface area (Å²) < 4.78 is 4.52. The molecule has 0 atom stereocenters. The van der Waals surface area contributed by atoms with Crippen molar-refractivity contribution in [1.29, 1.82) is 0 Å². The van der Waals surface area contributed by atoms with Crippen LogP contribution in [0.25, 0.3) is 0 Å². The Morgan fingerprint density at radius 3 is 2.75 bits per heavy atom. The SMILES string of the molecule is COC(=O)CCCCc1cc(O)ccc1O. The number of aryl methyl sites for hydroxylation is 1. The van der Waals surface area contributed by atoms with E-state index < -0.39 is 0 Å². The molecule has 0 amide bonds. The van der Waals surface area contributed by atoms with Crippen LogP contribution in [0.15, 0.2) is 18.2 Å². The van der Waals surface area contributed by atoms with Gasteiger partial charge in [-0.15, -0.1) is 0 Å². The zero-order valence-corrected chi connectivity index (χ0v) is 9.27. The number of aromatic hydroxyl groups is 2. The highest BCUT2D eigenvalue weighted by Gasteiger charge is 2.04. The average molecular weight is 224 g/mol. The Labute approximate surface area is 94.5 Å². The van der Waals surface area contributed by atoms with Crippen molar-refractivity contribution in [3.8, 4) is 11.5 Å². The molecule has 0 radical (unpaired) electrons.